The molecule has 0 aromatic carbocycles. The summed E-state index contributed by atoms with van der Waals surface area (Å²) < 4.78 is 9.50. The summed E-state index contributed by atoms with van der Waals surface area (Å²) in [6.07, 6.45) is -0.371. The molecule has 0 spiro atoms. The number of likely N-dealkylation sites (tertiary alicyclic amines) is 1. The van der Waals surface area contributed by atoms with Crippen molar-refractivity contribution in [3.8, 4) is 0 Å². The smallest absolute Gasteiger partial charge is 0.323 e. The summed E-state index contributed by atoms with van der Waals surface area (Å²) in [6.45, 7) is 1.94. The van der Waals surface area contributed by atoms with Crippen molar-refractivity contribution in [3.63, 3.8) is 0 Å². The average Bonchev–Trinajstić information content (AvgIpc) is 2.94. The van der Waals surface area contributed by atoms with E-state index in [0.29, 0.717) is 11.6 Å². The van der Waals surface area contributed by atoms with Gasteiger partial charge in [0.25, 0.3) is 0 Å². The fraction of sp³-hybridized carbons (Fsp3) is 0.583. The maximum Gasteiger partial charge on any atom is 0.323 e. The zero-order valence-corrected chi connectivity index (χ0v) is 11.3. The summed E-state index contributed by atoms with van der Waals surface area (Å²) in [6, 6.07) is 0.994. The summed E-state index contributed by atoms with van der Waals surface area (Å²) in [7, 11) is 1.28. The van der Waals surface area contributed by atoms with Gasteiger partial charge in [0.05, 0.1) is 19.8 Å². The van der Waals surface area contributed by atoms with Gasteiger partial charge >= 0.3 is 5.97 Å². The third kappa shape index (κ3) is 3.34. The van der Waals surface area contributed by atoms with E-state index < -0.39 is 18.1 Å². The Morgan fingerprint density at radius 3 is 3.00 bits per heavy atom. The highest BCUT2D eigenvalue weighted by Gasteiger charge is 2.37. The zero-order chi connectivity index (χ0) is 14.7. The molecule has 2 N–H and O–H groups in total. The van der Waals surface area contributed by atoms with Crippen molar-refractivity contribution in [2.24, 2.45) is 0 Å². The molecule has 20 heavy (non-hydrogen) atoms. The molecule has 0 aliphatic carbocycles. The van der Waals surface area contributed by atoms with E-state index in [1.54, 1.807) is 17.9 Å². The fourth-order valence-corrected chi connectivity index (χ4v) is 2.23. The predicted octanol–water partition coefficient (Wildman–Crippen LogP) is -0.470. The molecule has 1 saturated heterocycles. The topological polar surface area (TPSA) is 105 Å². The number of aryl methyl sites for hydroxylation is 1. The van der Waals surface area contributed by atoms with E-state index in [0.717, 1.165) is 0 Å². The second-order valence-corrected chi connectivity index (χ2v) is 4.73. The van der Waals surface area contributed by atoms with E-state index in [4.69, 9.17) is 4.52 Å². The van der Waals surface area contributed by atoms with Crippen molar-refractivity contribution in [1.29, 1.82) is 0 Å². The number of hydrogen-bond donors (Lipinski definition) is 2. The number of amides is 1. The van der Waals surface area contributed by atoms with Crippen LogP contribution in [0.15, 0.2) is 10.6 Å². The number of aliphatic hydroxyl groups excluding tert-OH is 1. The van der Waals surface area contributed by atoms with Crippen molar-refractivity contribution in [2.45, 2.75) is 25.5 Å². The Kier molecular flexibility index (Phi) is 4.35. The van der Waals surface area contributed by atoms with Gasteiger partial charge in [0.15, 0.2) is 5.82 Å². The van der Waals surface area contributed by atoms with Crippen molar-refractivity contribution in [1.82, 2.24) is 10.1 Å². The number of ether oxygens (including phenoxy) is 1. The molecule has 1 aromatic heterocycles. The summed E-state index contributed by atoms with van der Waals surface area (Å²) in [5, 5.41) is 15.8. The molecule has 1 amide bonds. The molecule has 110 valence electrons. The quantitative estimate of drug-likeness (QED) is 0.720. The number of aliphatic hydroxyl groups is 1. The van der Waals surface area contributed by atoms with Crippen LogP contribution in [-0.2, 0) is 14.3 Å². The van der Waals surface area contributed by atoms with Crippen LogP contribution in [0.4, 0.5) is 5.82 Å². The van der Waals surface area contributed by atoms with Gasteiger partial charge in [-0.05, 0) is 6.92 Å². The van der Waals surface area contributed by atoms with Gasteiger partial charge in [0.1, 0.15) is 11.8 Å². The van der Waals surface area contributed by atoms with Crippen LogP contribution in [0.25, 0.3) is 0 Å². The Labute approximate surface area is 115 Å². The number of carbonyl (C=O) groups excluding carboxylic acids is 2. The highest BCUT2D eigenvalue weighted by molar-refractivity contribution is 5.91. The Bertz CT molecular complexity index is 501. The van der Waals surface area contributed by atoms with Crippen LogP contribution in [0, 0.1) is 6.92 Å². The lowest BCUT2D eigenvalue weighted by Crippen LogP contribution is -2.41. The number of methoxy groups -OCH3 is 1. The molecule has 2 heterocycles. The molecule has 2 atom stereocenters. The maximum atomic E-state index is 11.9. The first-order valence-corrected chi connectivity index (χ1v) is 6.22. The number of anilines is 1. The van der Waals surface area contributed by atoms with Gasteiger partial charge in [-0.2, -0.15) is 0 Å². The standard InChI is InChI=1S/C12H17N3O5/c1-7-3-10(14-20-7)13-11(17)6-15-5-8(16)4-9(15)12(18)19-2/h3,8-9,16H,4-6H2,1-2H3,(H,13,14,17). The van der Waals surface area contributed by atoms with Gasteiger partial charge in [0, 0.05) is 19.0 Å². The lowest BCUT2D eigenvalue weighted by molar-refractivity contribution is -0.146. The van der Waals surface area contributed by atoms with Crippen molar-refractivity contribution in [3.05, 3.63) is 11.8 Å². The van der Waals surface area contributed by atoms with E-state index in [2.05, 4.69) is 15.2 Å². The number of aromatic nitrogens is 1. The lowest BCUT2D eigenvalue weighted by Gasteiger charge is -2.20. The van der Waals surface area contributed by atoms with Crippen LogP contribution >= 0.6 is 0 Å². The number of esters is 1. The van der Waals surface area contributed by atoms with Crippen molar-refractivity contribution >= 4 is 17.7 Å². The molecule has 0 bridgehead atoms. The monoisotopic (exact) mass is 283 g/mol. The Morgan fingerprint density at radius 2 is 2.40 bits per heavy atom. The summed E-state index contributed by atoms with van der Waals surface area (Å²) in [5.74, 6) is 0.124. The Morgan fingerprint density at radius 1 is 1.65 bits per heavy atom. The predicted molar refractivity (Wildman–Crippen MR) is 67.9 cm³/mol. The number of nitrogens with zero attached hydrogens (tertiary/aromatic N) is 2. The normalized spacial score (nSPS) is 22.8. The summed E-state index contributed by atoms with van der Waals surface area (Å²) in [5.41, 5.74) is 0. The minimum Gasteiger partial charge on any atom is -0.468 e. The van der Waals surface area contributed by atoms with E-state index >= 15 is 0 Å². The molecule has 1 aliphatic heterocycles. The van der Waals surface area contributed by atoms with E-state index in [1.807, 2.05) is 0 Å². The average molecular weight is 283 g/mol. The molecule has 2 rings (SSSR count). The van der Waals surface area contributed by atoms with Gasteiger partial charge in [-0.3, -0.25) is 14.5 Å². The molecular weight excluding hydrogens is 266 g/mol. The molecule has 1 aliphatic rings. The lowest BCUT2D eigenvalue weighted by atomic mass is 10.2. The molecule has 1 aromatic rings. The van der Waals surface area contributed by atoms with E-state index in [1.165, 1.54) is 7.11 Å². The second-order valence-electron chi connectivity index (χ2n) is 4.73. The minimum absolute atomic E-state index is 0.0251. The van der Waals surface area contributed by atoms with Gasteiger partial charge in [-0.15, -0.1) is 0 Å². The van der Waals surface area contributed by atoms with Gasteiger partial charge in [-0.25, -0.2) is 0 Å². The largest absolute Gasteiger partial charge is 0.468 e. The van der Waals surface area contributed by atoms with Crippen molar-refractivity contribution < 1.29 is 24.0 Å². The first-order valence-electron chi connectivity index (χ1n) is 6.22. The van der Waals surface area contributed by atoms with E-state index in [-0.39, 0.29) is 25.4 Å². The van der Waals surface area contributed by atoms with Gasteiger partial charge in [-0.1, -0.05) is 5.16 Å². The number of carbonyl (C=O) groups is 2. The van der Waals surface area contributed by atoms with Crippen LogP contribution < -0.4 is 5.32 Å². The molecule has 8 nitrogen and oxygen atoms in total. The first-order chi connectivity index (χ1) is 9.49. The van der Waals surface area contributed by atoms with Crippen LogP contribution in [-0.4, -0.2) is 59.4 Å². The molecule has 8 heteroatoms. The second kappa shape index (κ2) is 6.02. The molecule has 0 radical (unpaired) electrons. The summed E-state index contributed by atoms with van der Waals surface area (Å²) in [4.78, 5) is 25.0. The fourth-order valence-electron chi connectivity index (χ4n) is 2.23. The van der Waals surface area contributed by atoms with Crippen LogP contribution in [0.5, 0.6) is 0 Å². The minimum atomic E-state index is -0.638. The number of β-amino-alcohol motifs (C(OH)–C–C–N with tert-alkyl or cyclic N) is 1. The third-order valence-electron chi connectivity index (χ3n) is 3.10. The highest BCUT2D eigenvalue weighted by Crippen LogP contribution is 2.19. The van der Waals surface area contributed by atoms with Crippen LogP contribution in [0.3, 0.4) is 0 Å². The van der Waals surface area contributed by atoms with Crippen molar-refractivity contribution in [2.75, 3.05) is 25.5 Å². The Balaban J connectivity index is 1.94. The third-order valence-corrected chi connectivity index (χ3v) is 3.10. The summed E-state index contributed by atoms with van der Waals surface area (Å²) >= 11 is 0. The van der Waals surface area contributed by atoms with Gasteiger partial charge < -0.3 is 19.7 Å². The molecule has 0 saturated carbocycles. The zero-order valence-electron chi connectivity index (χ0n) is 11.3. The van der Waals surface area contributed by atoms with Crippen LogP contribution in [0.1, 0.15) is 12.2 Å². The SMILES string of the molecule is COC(=O)C1CC(O)CN1CC(=O)Nc1cc(C)on1. The Hall–Kier alpha value is -1.93. The first kappa shape index (κ1) is 14.5. The molecule has 2 unspecified atom stereocenters. The molecule has 1 fully saturated rings. The highest BCUT2D eigenvalue weighted by atomic mass is 16.5. The number of nitrogens with one attached hydrogen (secondary N) is 1. The van der Waals surface area contributed by atoms with Crippen LogP contribution in [0.2, 0.25) is 0 Å². The maximum absolute atomic E-state index is 11.9. The van der Waals surface area contributed by atoms with Gasteiger partial charge in [0.2, 0.25) is 5.91 Å². The van der Waals surface area contributed by atoms with E-state index in [9.17, 15) is 14.7 Å². The number of hydrogen-bond acceptors (Lipinski definition) is 7. The number of rotatable bonds is 4. The molecular formula is C12H17N3O5.